The summed E-state index contributed by atoms with van der Waals surface area (Å²) in [6, 6.07) is 8.42. The maximum Gasteiger partial charge on any atom is 0.120 e. The largest absolute Gasteiger partial charge is 0.303 e. The molecule has 1 aromatic rings. The van der Waals surface area contributed by atoms with E-state index in [4.69, 9.17) is 0 Å². The Kier molecular flexibility index (Phi) is 3.84. The minimum atomic E-state index is -0.0887. The molecule has 0 aliphatic heterocycles. The Morgan fingerprint density at radius 3 is 2.40 bits per heavy atom. The lowest BCUT2D eigenvalue weighted by atomic mass is 9.78. The van der Waals surface area contributed by atoms with Crippen LogP contribution in [0.15, 0.2) is 36.9 Å². The molecule has 80 valence electrons. The highest BCUT2D eigenvalue weighted by Gasteiger charge is 2.21. The first-order valence-electron chi connectivity index (χ1n) is 5.27. The highest BCUT2D eigenvalue weighted by molar-refractivity contribution is 5.50. The molecular weight excluding hydrogens is 184 g/mol. The third-order valence-electron chi connectivity index (χ3n) is 2.94. The van der Waals surface area contributed by atoms with Crippen LogP contribution in [0.4, 0.5) is 0 Å². The number of carbonyl (C=O) groups is 1. The molecule has 0 aromatic heterocycles. The van der Waals surface area contributed by atoms with Crippen LogP contribution < -0.4 is 0 Å². The molecule has 1 rings (SSSR count). The van der Waals surface area contributed by atoms with E-state index in [-0.39, 0.29) is 5.41 Å². The van der Waals surface area contributed by atoms with E-state index in [1.165, 1.54) is 11.1 Å². The first-order valence-corrected chi connectivity index (χ1v) is 5.27. The Balaban J connectivity index is 2.94. The number of aryl methyl sites for hydroxylation is 1. The summed E-state index contributed by atoms with van der Waals surface area (Å²) in [5.41, 5.74) is 2.39. The molecule has 1 aromatic carbocycles. The van der Waals surface area contributed by atoms with Crippen molar-refractivity contribution in [2.24, 2.45) is 0 Å². The highest BCUT2D eigenvalue weighted by Crippen LogP contribution is 2.29. The average Bonchev–Trinajstić information content (AvgIpc) is 2.27. The van der Waals surface area contributed by atoms with Gasteiger partial charge >= 0.3 is 0 Å². The van der Waals surface area contributed by atoms with Crippen molar-refractivity contribution in [2.45, 2.75) is 32.1 Å². The lowest BCUT2D eigenvalue weighted by Gasteiger charge is -2.25. The second-order valence-corrected chi connectivity index (χ2v) is 4.19. The van der Waals surface area contributed by atoms with Crippen molar-refractivity contribution in [1.29, 1.82) is 0 Å². The number of carbonyl (C=O) groups excluding carboxylic acids is 1. The Hall–Kier alpha value is -1.37. The van der Waals surface area contributed by atoms with Gasteiger partial charge in [0.1, 0.15) is 6.29 Å². The summed E-state index contributed by atoms with van der Waals surface area (Å²) in [4.78, 5) is 10.4. The number of hydrogen-bond donors (Lipinski definition) is 0. The molecule has 15 heavy (non-hydrogen) atoms. The van der Waals surface area contributed by atoms with Crippen LogP contribution in [0.5, 0.6) is 0 Å². The van der Waals surface area contributed by atoms with Gasteiger partial charge in [-0.15, -0.1) is 6.58 Å². The van der Waals surface area contributed by atoms with Crippen molar-refractivity contribution in [2.75, 3.05) is 0 Å². The van der Waals surface area contributed by atoms with Crippen LogP contribution in [-0.2, 0) is 10.2 Å². The van der Waals surface area contributed by atoms with Crippen LogP contribution in [0, 0.1) is 6.92 Å². The summed E-state index contributed by atoms with van der Waals surface area (Å²) in [6.45, 7) is 8.06. The average molecular weight is 202 g/mol. The van der Waals surface area contributed by atoms with Crippen LogP contribution in [0.2, 0.25) is 0 Å². The predicted molar refractivity (Wildman–Crippen MR) is 64.0 cm³/mol. The van der Waals surface area contributed by atoms with Gasteiger partial charge in [-0.05, 0) is 18.9 Å². The molecule has 0 bridgehead atoms. The summed E-state index contributed by atoms with van der Waals surface area (Å²) >= 11 is 0. The van der Waals surface area contributed by atoms with E-state index in [2.05, 4.69) is 44.7 Å². The summed E-state index contributed by atoms with van der Waals surface area (Å²) in [7, 11) is 0. The molecule has 0 unspecified atom stereocenters. The molecule has 0 spiro atoms. The van der Waals surface area contributed by atoms with Gasteiger partial charge < -0.3 is 4.79 Å². The molecule has 0 aliphatic rings. The Morgan fingerprint density at radius 1 is 1.33 bits per heavy atom. The van der Waals surface area contributed by atoms with E-state index in [0.29, 0.717) is 6.42 Å². The molecule has 1 atom stereocenters. The van der Waals surface area contributed by atoms with Gasteiger partial charge in [-0.2, -0.15) is 0 Å². The van der Waals surface area contributed by atoms with Crippen LogP contribution >= 0.6 is 0 Å². The number of hydrogen-bond acceptors (Lipinski definition) is 1. The lowest BCUT2D eigenvalue weighted by molar-refractivity contribution is -0.108. The van der Waals surface area contributed by atoms with Crippen molar-refractivity contribution >= 4 is 6.29 Å². The summed E-state index contributed by atoms with van der Waals surface area (Å²) in [5, 5.41) is 0. The van der Waals surface area contributed by atoms with Gasteiger partial charge in [-0.1, -0.05) is 42.8 Å². The van der Waals surface area contributed by atoms with Crippen LogP contribution in [0.25, 0.3) is 0 Å². The molecule has 0 saturated heterocycles. The minimum Gasteiger partial charge on any atom is -0.303 e. The van der Waals surface area contributed by atoms with Crippen LogP contribution in [0.3, 0.4) is 0 Å². The standard InChI is InChI=1S/C14H18O/c1-4-14(3,10-5-11-15)13-8-6-12(2)7-9-13/h4,6-9,11H,1,5,10H2,2-3H3/t14-/m1/s1. The third-order valence-corrected chi connectivity index (χ3v) is 2.94. The predicted octanol–water partition coefficient (Wildman–Crippen LogP) is 3.42. The zero-order chi connectivity index (χ0) is 11.3. The fourth-order valence-electron chi connectivity index (χ4n) is 1.66. The van der Waals surface area contributed by atoms with E-state index in [1.807, 2.05) is 6.08 Å². The van der Waals surface area contributed by atoms with E-state index in [0.717, 1.165) is 12.7 Å². The van der Waals surface area contributed by atoms with Gasteiger partial charge in [0, 0.05) is 11.8 Å². The van der Waals surface area contributed by atoms with Crippen LogP contribution in [-0.4, -0.2) is 6.29 Å². The quantitative estimate of drug-likeness (QED) is 0.528. The van der Waals surface area contributed by atoms with E-state index in [9.17, 15) is 4.79 Å². The van der Waals surface area contributed by atoms with Gasteiger partial charge in [-0.25, -0.2) is 0 Å². The first kappa shape index (κ1) is 11.7. The Morgan fingerprint density at radius 2 is 1.93 bits per heavy atom. The molecular formula is C14H18O. The maximum absolute atomic E-state index is 10.4. The zero-order valence-electron chi connectivity index (χ0n) is 9.49. The van der Waals surface area contributed by atoms with Gasteiger partial charge in [-0.3, -0.25) is 0 Å². The van der Waals surface area contributed by atoms with Crippen LogP contribution in [0.1, 0.15) is 30.9 Å². The van der Waals surface area contributed by atoms with Crippen molar-refractivity contribution in [3.05, 3.63) is 48.0 Å². The number of benzene rings is 1. The molecule has 1 heteroatoms. The van der Waals surface area contributed by atoms with Crippen molar-refractivity contribution < 1.29 is 4.79 Å². The van der Waals surface area contributed by atoms with Gasteiger partial charge in [0.25, 0.3) is 0 Å². The fraction of sp³-hybridized carbons (Fsp3) is 0.357. The van der Waals surface area contributed by atoms with Crippen molar-refractivity contribution in [3.63, 3.8) is 0 Å². The molecule has 0 amide bonds. The summed E-state index contributed by atoms with van der Waals surface area (Å²) in [6.07, 6.45) is 4.30. The van der Waals surface area contributed by atoms with Gasteiger partial charge in [0.15, 0.2) is 0 Å². The third kappa shape index (κ3) is 2.79. The van der Waals surface area contributed by atoms with Gasteiger partial charge in [0.2, 0.25) is 0 Å². The lowest BCUT2D eigenvalue weighted by Crippen LogP contribution is -2.18. The number of aldehydes is 1. The number of rotatable bonds is 5. The topological polar surface area (TPSA) is 17.1 Å². The first-order chi connectivity index (χ1) is 7.12. The molecule has 0 N–H and O–H groups in total. The van der Waals surface area contributed by atoms with Crippen molar-refractivity contribution in [1.82, 2.24) is 0 Å². The minimum absolute atomic E-state index is 0.0887. The Bertz CT molecular complexity index is 337. The van der Waals surface area contributed by atoms with E-state index >= 15 is 0 Å². The molecule has 0 saturated carbocycles. The fourth-order valence-corrected chi connectivity index (χ4v) is 1.66. The summed E-state index contributed by atoms with van der Waals surface area (Å²) in [5.74, 6) is 0. The van der Waals surface area contributed by atoms with Crippen molar-refractivity contribution in [3.8, 4) is 0 Å². The second-order valence-electron chi connectivity index (χ2n) is 4.19. The van der Waals surface area contributed by atoms with Gasteiger partial charge in [0.05, 0.1) is 0 Å². The molecule has 0 radical (unpaired) electrons. The van der Waals surface area contributed by atoms with E-state index in [1.54, 1.807) is 0 Å². The molecule has 1 nitrogen and oxygen atoms in total. The highest BCUT2D eigenvalue weighted by atomic mass is 16.1. The van der Waals surface area contributed by atoms with E-state index < -0.39 is 0 Å². The molecule has 0 aliphatic carbocycles. The second kappa shape index (κ2) is 4.92. The molecule has 0 heterocycles. The maximum atomic E-state index is 10.4. The normalized spacial score (nSPS) is 14.3. The number of allylic oxidation sites excluding steroid dienone is 1. The summed E-state index contributed by atoms with van der Waals surface area (Å²) < 4.78 is 0. The SMILES string of the molecule is C=C[C@](C)(CCC=O)c1ccc(C)cc1. The Labute approximate surface area is 91.8 Å². The zero-order valence-corrected chi connectivity index (χ0v) is 9.49. The monoisotopic (exact) mass is 202 g/mol. The molecule has 0 fully saturated rings. The smallest absolute Gasteiger partial charge is 0.120 e.